The predicted molar refractivity (Wildman–Crippen MR) is 83.0 cm³/mol. The largest absolute Gasteiger partial charge is 0.386 e. The maximum atomic E-state index is 12.0. The number of pyridine rings is 1. The molecule has 0 aliphatic carbocycles. The van der Waals surface area contributed by atoms with E-state index in [1.807, 2.05) is 0 Å². The van der Waals surface area contributed by atoms with Gasteiger partial charge < -0.3 is 10.4 Å². The molecule has 110 valence electrons. The number of hydrogen-bond acceptors (Lipinski definition) is 3. The molecule has 2 N–H and O–H groups in total. The maximum Gasteiger partial charge on any atom is 0.254 e. The Labute approximate surface area is 136 Å². The summed E-state index contributed by atoms with van der Waals surface area (Å²) in [5.41, 5.74) is 0.607. The van der Waals surface area contributed by atoms with E-state index in [0.29, 0.717) is 15.6 Å². The Hall–Kier alpha value is -1.33. The summed E-state index contributed by atoms with van der Waals surface area (Å²) in [7, 11) is 0. The second-order valence-corrected chi connectivity index (χ2v) is 5.38. The normalized spacial score (nSPS) is 12.0. The summed E-state index contributed by atoms with van der Waals surface area (Å²) in [5, 5.41) is 13.4. The molecular weight excluding hydrogens is 335 g/mol. The molecule has 2 rings (SSSR count). The maximum absolute atomic E-state index is 12.0. The van der Waals surface area contributed by atoms with Crippen LogP contribution < -0.4 is 5.32 Å². The van der Waals surface area contributed by atoms with E-state index in [2.05, 4.69) is 10.3 Å². The van der Waals surface area contributed by atoms with Gasteiger partial charge in [-0.25, -0.2) is 4.98 Å². The molecule has 0 spiro atoms. The molecular formula is C14H11Cl3N2O2. The number of halogens is 3. The fraction of sp³-hybridized carbons (Fsp3) is 0.143. The quantitative estimate of drug-likeness (QED) is 0.834. The molecule has 1 heterocycles. The topological polar surface area (TPSA) is 62.2 Å². The van der Waals surface area contributed by atoms with E-state index in [1.165, 1.54) is 6.20 Å². The fourth-order valence-corrected chi connectivity index (χ4v) is 2.63. The predicted octanol–water partition coefficient (Wildman–Crippen LogP) is 3.51. The van der Waals surface area contributed by atoms with Gasteiger partial charge in [0.25, 0.3) is 5.91 Å². The molecule has 4 nitrogen and oxygen atoms in total. The molecule has 0 aliphatic heterocycles. The van der Waals surface area contributed by atoms with Crippen LogP contribution in [0.1, 0.15) is 22.0 Å². The van der Waals surface area contributed by atoms with Gasteiger partial charge in [-0.15, -0.1) is 0 Å². The molecule has 21 heavy (non-hydrogen) atoms. The lowest BCUT2D eigenvalue weighted by atomic mass is 10.1. The van der Waals surface area contributed by atoms with E-state index < -0.39 is 12.0 Å². The number of rotatable bonds is 4. The van der Waals surface area contributed by atoms with Crippen molar-refractivity contribution in [2.75, 3.05) is 6.54 Å². The second kappa shape index (κ2) is 7.09. The number of nitrogens with zero attached hydrogens (tertiary/aromatic N) is 1. The number of carbonyl (C=O) groups is 1. The highest BCUT2D eigenvalue weighted by molar-refractivity contribution is 6.36. The minimum absolute atomic E-state index is 0.0481. The SMILES string of the molecule is O=C(NCC(O)c1c(Cl)cccc1Cl)c1cccnc1Cl. The number of nitrogens with one attached hydrogen (secondary N) is 1. The molecule has 2 aromatic rings. The first-order chi connectivity index (χ1) is 10.0. The molecule has 1 atom stereocenters. The molecule has 1 amide bonds. The summed E-state index contributed by atoms with van der Waals surface area (Å²) in [6.45, 7) is -0.0481. The minimum atomic E-state index is -1.02. The van der Waals surface area contributed by atoms with Crippen molar-refractivity contribution < 1.29 is 9.90 Å². The third kappa shape index (κ3) is 3.86. The van der Waals surface area contributed by atoms with E-state index >= 15 is 0 Å². The first-order valence-corrected chi connectivity index (χ1v) is 7.14. The standard InChI is InChI=1S/C14H11Cl3N2O2/c15-9-4-1-5-10(16)12(9)11(20)7-19-14(21)8-3-2-6-18-13(8)17/h1-6,11,20H,7H2,(H,19,21). The Balaban J connectivity index is 2.06. The third-order valence-corrected chi connectivity index (χ3v) is 3.75. The minimum Gasteiger partial charge on any atom is -0.386 e. The van der Waals surface area contributed by atoms with Gasteiger partial charge in [0.1, 0.15) is 5.15 Å². The number of hydrogen-bond donors (Lipinski definition) is 2. The number of aliphatic hydroxyl groups excluding tert-OH is 1. The molecule has 1 unspecified atom stereocenters. The van der Waals surface area contributed by atoms with Crippen molar-refractivity contribution in [2.45, 2.75) is 6.10 Å². The lowest BCUT2D eigenvalue weighted by Gasteiger charge is -2.15. The summed E-state index contributed by atoms with van der Waals surface area (Å²) in [6, 6.07) is 8.05. The second-order valence-electron chi connectivity index (χ2n) is 4.20. The lowest BCUT2D eigenvalue weighted by molar-refractivity contribution is 0.0916. The molecule has 0 radical (unpaired) electrons. The summed E-state index contributed by atoms with van der Waals surface area (Å²) >= 11 is 17.8. The van der Waals surface area contributed by atoms with Gasteiger partial charge in [0.15, 0.2) is 0 Å². The van der Waals surface area contributed by atoms with Crippen LogP contribution >= 0.6 is 34.8 Å². The van der Waals surface area contributed by atoms with Crippen LogP contribution in [-0.2, 0) is 0 Å². The number of aliphatic hydroxyl groups is 1. The van der Waals surface area contributed by atoms with Crippen molar-refractivity contribution in [3.05, 3.63) is 62.9 Å². The summed E-state index contributed by atoms with van der Waals surface area (Å²) in [6.07, 6.45) is 0.461. The Morgan fingerprint density at radius 1 is 1.19 bits per heavy atom. The average Bonchev–Trinajstić information content (AvgIpc) is 2.45. The smallest absolute Gasteiger partial charge is 0.254 e. The van der Waals surface area contributed by atoms with Crippen LogP contribution in [0.15, 0.2) is 36.5 Å². The van der Waals surface area contributed by atoms with Crippen LogP contribution in [0.4, 0.5) is 0 Å². The van der Waals surface area contributed by atoms with Gasteiger partial charge in [-0.3, -0.25) is 4.79 Å². The van der Waals surface area contributed by atoms with Gasteiger partial charge in [0.05, 0.1) is 11.7 Å². The number of aromatic nitrogens is 1. The highest BCUT2D eigenvalue weighted by Crippen LogP contribution is 2.29. The monoisotopic (exact) mass is 344 g/mol. The Kier molecular flexibility index (Phi) is 5.42. The highest BCUT2D eigenvalue weighted by Gasteiger charge is 2.17. The van der Waals surface area contributed by atoms with Gasteiger partial charge in [0, 0.05) is 28.4 Å². The Morgan fingerprint density at radius 3 is 2.48 bits per heavy atom. The van der Waals surface area contributed by atoms with Crippen molar-refractivity contribution in [1.29, 1.82) is 0 Å². The molecule has 0 saturated carbocycles. The van der Waals surface area contributed by atoms with Gasteiger partial charge >= 0.3 is 0 Å². The van der Waals surface area contributed by atoms with Crippen LogP contribution in [0, 0.1) is 0 Å². The van der Waals surface area contributed by atoms with Crippen molar-refractivity contribution in [1.82, 2.24) is 10.3 Å². The summed E-state index contributed by atoms with van der Waals surface area (Å²) < 4.78 is 0. The fourth-order valence-electron chi connectivity index (χ4n) is 1.77. The molecule has 1 aromatic carbocycles. The Bertz CT molecular complexity index is 644. The van der Waals surface area contributed by atoms with Crippen molar-refractivity contribution >= 4 is 40.7 Å². The van der Waals surface area contributed by atoms with Crippen LogP contribution in [0.3, 0.4) is 0 Å². The zero-order valence-electron chi connectivity index (χ0n) is 10.7. The van der Waals surface area contributed by atoms with Crippen molar-refractivity contribution in [3.8, 4) is 0 Å². The van der Waals surface area contributed by atoms with E-state index in [-0.39, 0.29) is 17.3 Å². The zero-order chi connectivity index (χ0) is 15.4. The molecule has 0 aliphatic rings. The number of carbonyl (C=O) groups excluding carboxylic acids is 1. The molecule has 0 saturated heterocycles. The van der Waals surface area contributed by atoms with E-state index in [4.69, 9.17) is 34.8 Å². The van der Waals surface area contributed by atoms with Crippen LogP contribution in [0.25, 0.3) is 0 Å². The molecule has 1 aromatic heterocycles. The number of benzene rings is 1. The van der Waals surface area contributed by atoms with Gasteiger partial charge in [-0.05, 0) is 24.3 Å². The van der Waals surface area contributed by atoms with Gasteiger partial charge in [-0.1, -0.05) is 40.9 Å². The third-order valence-electron chi connectivity index (χ3n) is 2.79. The average molecular weight is 346 g/mol. The van der Waals surface area contributed by atoms with Crippen LogP contribution in [-0.4, -0.2) is 22.5 Å². The molecule has 7 heteroatoms. The first kappa shape index (κ1) is 16.0. The number of amides is 1. The summed E-state index contributed by atoms with van der Waals surface area (Å²) in [5.74, 6) is -0.435. The van der Waals surface area contributed by atoms with Crippen LogP contribution in [0.2, 0.25) is 15.2 Å². The van der Waals surface area contributed by atoms with E-state index in [9.17, 15) is 9.90 Å². The van der Waals surface area contributed by atoms with Crippen LogP contribution in [0.5, 0.6) is 0 Å². The zero-order valence-corrected chi connectivity index (χ0v) is 13.0. The van der Waals surface area contributed by atoms with Crippen molar-refractivity contribution in [2.24, 2.45) is 0 Å². The lowest BCUT2D eigenvalue weighted by Crippen LogP contribution is -2.29. The highest BCUT2D eigenvalue weighted by atomic mass is 35.5. The van der Waals surface area contributed by atoms with E-state index in [0.717, 1.165) is 0 Å². The molecule has 0 bridgehead atoms. The van der Waals surface area contributed by atoms with Gasteiger partial charge in [0.2, 0.25) is 0 Å². The van der Waals surface area contributed by atoms with Crippen molar-refractivity contribution in [3.63, 3.8) is 0 Å². The first-order valence-electron chi connectivity index (χ1n) is 6.01. The van der Waals surface area contributed by atoms with E-state index in [1.54, 1.807) is 30.3 Å². The molecule has 0 fully saturated rings. The Morgan fingerprint density at radius 2 is 1.86 bits per heavy atom. The van der Waals surface area contributed by atoms with Gasteiger partial charge in [-0.2, -0.15) is 0 Å². The summed E-state index contributed by atoms with van der Waals surface area (Å²) in [4.78, 5) is 15.8.